The summed E-state index contributed by atoms with van der Waals surface area (Å²) in [5.74, 6) is 3.16. The van der Waals surface area contributed by atoms with E-state index in [4.69, 9.17) is 19.7 Å². The number of morpholine rings is 1. The minimum absolute atomic E-state index is 0.650. The second-order valence-electron chi connectivity index (χ2n) is 7.97. The average molecular weight is 442 g/mol. The standard InChI is InChI=1S/C22H35N9O/c1-3-29(4-2)21-25-20(24-9-10-28-15-17-32-18-16-28)26-22(27-21)31-13-11-30(12-14-31)19-7-5-6-8-23-19/h5-8H,3-4,9-18H2,1-2H3,(H,24,25,26,27). The Kier molecular flexibility index (Phi) is 7.89. The Morgan fingerprint density at radius 1 is 0.938 bits per heavy atom. The van der Waals surface area contributed by atoms with E-state index in [-0.39, 0.29) is 0 Å². The molecule has 2 aromatic rings. The van der Waals surface area contributed by atoms with E-state index in [2.05, 4.69) is 49.8 Å². The van der Waals surface area contributed by atoms with Crippen LogP contribution in [0.3, 0.4) is 0 Å². The molecule has 0 bridgehead atoms. The van der Waals surface area contributed by atoms with Crippen LogP contribution < -0.4 is 20.0 Å². The summed E-state index contributed by atoms with van der Waals surface area (Å²) in [5.41, 5.74) is 0. The number of hydrogen-bond donors (Lipinski definition) is 1. The lowest BCUT2D eigenvalue weighted by Crippen LogP contribution is -2.47. The van der Waals surface area contributed by atoms with Crippen LogP contribution in [0.4, 0.5) is 23.7 Å². The zero-order chi connectivity index (χ0) is 22.2. The van der Waals surface area contributed by atoms with Crippen molar-refractivity contribution in [1.82, 2.24) is 24.8 Å². The van der Waals surface area contributed by atoms with Gasteiger partial charge in [0.05, 0.1) is 13.2 Å². The van der Waals surface area contributed by atoms with Crippen LogP contribution in [0.25, 0.3) is 0 Å². The third-order valence-electron chi connectivity index (χ3n) is 6.01. The van der Waals surface area contributed by atoms with E-state index in [0.29, 0.717) is 5.95 Å². The van der Waals surface area contributed by atoms with Gasteiger partial charge in [-0.25, -0.2) is 4.98 Å². The zero-order valence-corrected chi connectivity index (χ0v) is 19.3. The van der Waals surface area contributed by atoms with Gasteiger partial charge in [0, 0.05) is 71.6 Å². The Morgan fingerprint density at radius 2 is 1.69 bits per heavy atom. The number of ether oxygens (including phenoxy) is 1. The van der Waals surface area contributed by atoms with Gasteiger partial charge in [-0.05, 0) is 26.0 Å². The lowest BCUT2D eigenvalue weighted by atomic mass is 10.3. The van der Waals surface area contributed by atoms with Gasteiger partial charge in [0.25, 0.3) is 0 Å². The van der Waals surface area contributed by atoms with Crippen LogP contribution in [0.15, 0.2) is 24.4 Å². The lowest BCUT2D eigenvalue weighted by Gasteiger charge is -2.35. The van der Waals surface area contributed by atoms with Gasteiger partial charge in [-0.1, -0.05) is 6.07 Å². The fraction of sp³-hybridized carbons (Fsp3) is 0.636. The van der Waals surface area contributed by atoms with Crippen molar-refractivity contribution >= 4 is 23.7 Å². The molecule has 0 radical (unpaired) electrons. The Morgan fingerprint density at radius 3 is 2.38 bits per heavy atom. The largest absolute Gasteiger partial charge is 0.379 e. The van der Waals surface area contributed by atoms with E-state index in [1.165, 1.54) is 0 Å². The van der Waals surface area contributed by atoms with Crippen molar-refractivity contribution in [3.05, 3.63) is 24.4 Å². The Hall–Kier alpha value is -2.72. The normalized spacial score (nSPS) is 17.4. The van der Waals surface area contributed by atoms with E-state index in [1.807, 2.05) is 18.3 Å². The van der Waals surface area contributed by atoms with Gasteiger partial charge in [-0.2, -0.15) is 15.0 Å². The van der Waals surface area contributed by atoms with E-state index in [0.717, 1.165) is 96.4 Å². The average Bonchev–Trinajstić information content (AvgIpc) is 2.86. The summed E-state index contributed by atoms with van der Waals surface area (Å²) in [4.78, 5) is 27.9. The summed E-state index contributed by atoms with van der Waals surface area (Å²) >= 11 is 0. The fourth-order valence-electron chi connectivity index (χ4n) is 4.05. The molecule has 2 saturated heterocycles. The van der Waals surface area contributed by atoms with Crippen molar-refractivity contribution in [2.24, 2.45) is 0 Å². The smallest absolute Gasteiger partial charge is 0.232 e. The Bertz CT molecular complexity index is 819. The van der Waals surface area contributed by atoms with Crippen LogP contribution in [0, 0.1) is 0 Å². The minimum Gasteiger partial charge on any atom is -0.379 e. The molecule has 0 aliphatic carbocycles. The first-order valence-electron chi connectivity index (χ1n) is 11.7. The molecular formula is C22H35N9O. The van der Waals surface area contributed by atoms with Crippen molar-refractivity contribution in [2.45, 2.75) is 13.8 Å². The number of anilines is 4. The maximum Gasteiger partial charge on any atom is 0.232 e. The van der Waals surface area contributed by atoms with Gasteiger partial charge in [0.15, 0.2) is 0 Å². The second-order valence-corrected chi connectivity index (χ2v) is 7.97. The molecule has 0 saturated carbocycles. The first kappa shape index (κ1) is 22.5. The summed E-state index contributed by atoms with van der Waals surface area (Å²) in [6, 6.07) is 6.05. The molecule has 0 unspecified atom stereocenters. The maximum absolute atomic E-state index is 5.44. The molecule has 0 amide bonds. The molecule has 4 rings (SSSR count). The molecular weight excluding hydrogens is 406 g/mol. The highest BCUT2D eigenvalue weighted by Gasteiger charge is 2.22. The lowest BCUT2D eigenvalue weighted by molar-refractivity contribution is 0.0398. The minimum atomic E-state index is 0.650. The fourth-order valence-corrected chi connectivity index (χ4v) is 4.05. The highest BCUT2D eigenvalue weighted by molar-refractivity contribution is 5.47. The monoisotopic (exact) mass is 441 g/mol. The van der Waals surface area contributed by atoms with Crippen LogP contribution in [-0.4, -0.2) is 103 Å². The highest BCUT2D eigenvalue weighted by Crippen LogP contribution is 2.20. The van der Waals surface area contributed by atoms with Gasteiger partial charge >= 0.3 is 0 Å². The highest BCUT2D eigenvalue weighted by atomic mass is 16.5. The SMILES string of the molecule is CCN(CC)c1nc(NCCN2CCOCC2)nc(N2CCN(c3ccccn3)CC2)n1. The molecule has 4 heterocycles. The molecule has 0 spiro atoms. The first-order valence-corrected chi connectivity index (χ1v) is 11.7. The van der Waals surface area contributed by atoms with Gasteiger partial charge in [-0.3, -0.25) is 4.90 Å². The maximum atomic E-state index is 5.44. The molecule has 1 N–H and O–H groups in total. The number of rotatable bonds is 9. The van der Waals surface area contributed by atoms with Crippen LogP contribution in [0.5, 0.6) is 0 Å². The van der Waals surface area contributed by atoms with Gasteiger partial charge in [0.2, 0.25) is 17.8 Å². The topological polar surface area (TPSA) is 85.8 Å². The van der Waals surface area contributed by atoms with Crippen LogP contribution >= 0.6 is 0 Å². The van der Waals surface area contributed by atoms with E-state index >= 15 is 0 Å². The predicted octanol–water partition coefficient (Wildman–Crippen LogP) is 1.18. The van der Waals surface area contributed by atoms with Crippen molar-refractivity contribution in [1.29, 1.82) is 0 Å². The van der Waals surface area contributed by atoms with Gasteiger partial charge in [0.1, 0.15) is 5.82 Å². The number of aromatic nitrogens is 4. The van der Waals surface area contributed by atoms with Crippen molar-refractivity contribution in [3.8, 4) is 0 Å². The van der Waals surface area contributed by atoms with Gasteiger partial charge in [-0.15, -0.1) is 0 Å². The molecule has 0 aromatic carbocycles. The van der Waals surface area contributed by atoms with Crippen LogP contribution in [-0.2, 0) is 4.74 Å². The number of nitrogens with zero attached hydrogens (tertiary/aromatic N) is 8. The number of piperazine rings is 1. The van der Waals surface area contributed by atoms with E-state index < -0.39 is 0 Å². The van der Waals surface area contributed by atoms with Crippen molar-refractivity contribution in [3.63, 3.8) is 0 Å². The molecule has 2 aliphatic rings. The summed E-state index contributed by atoms with van der Waals surface area (Å²) in [5, 5.41) is 3.43. The molecule has 2 aliphatic heterocycles. The van der Waals surface area contributed by atoms with E-state index in [1.54, 1.807) is 0 Å². The Balaban J connectivity index is 1.43. The van der Waals surface area contributed by atoms with Crippen molar-refractivity contribution in [2.75, 3.05) is 98.7 Å². The summed E-state index contributed by atoms with van der Waals surface area (Å²) in [6.07, 6.45) is 1.85. The third kappa shape index (κ3) is 5.74. The van der Waals surface area contributed by atoms with Crippen LogP contribution in [0.2, 0.25) is 0 Å². The number of nitrogens with one attached hydrogen (secondary N) is 1. The molecule has 10 heteroatoms. The molecule has 2 aromatic heterocycles. The van der Waals surface area contributed by atoms with Crippen molar-refractivity contribution < 1.29 is 4.74 Å². The van der Waals surface area contributed by atoms with E-state index in [9.17, 15) is 0 Å². The quantitative estimate of drug-likeness (QED) is 0.612. The Labute approximate surface area is 190 Å². The molecule has 174 valence electrons. The second kappa shape index (κ2) is 11.2. The molecule has 10 nitrogen and oxygen atoms in total. The predicted molar refractivity (Wildman–Crippen MR) is 128 cm³/mol. The number of hydrogen-bond acceptors (Lipinski definition) is 10. The summed E-state index contributed by atoms with van der Waals surface area (Å²) in [7, 11) is 0. The third-order valence-corrected chi connectivity index (χ3v) is 6.01. The zero-order valence-electron chi connectivity index (χ0n) is 19.3. The molecule has 32 heavy (non-hydrogen) atoms. The number of pyridine rings is 1. The van der Waals surface area contributed by atoms with Crippen LogP contribution in [0.1, 0.15) is 13.8 Å². The first-order chi connectivity index (χ1) is 15.8. The molecule has 2 fully saturated rings. The van der Waals surface area contributed by atoms with Gasteiger partial charge < -0.3 is 24.8 Å². The molecule has 0 atom stereocenters. The summed E-state index contributed by atoms with van der Waals surface area (Å²) in [6.45, 7) is 14.8. The summed E-state index contributed by atoms with van der Waals surface area (Å²) < 4.78 is 5.44.